The van der Waals surface area contributed by atoms with Gasteiger partial charge in [0.15, 0.2) is 0 Å². The maximum absolute atomic E-state index is 13.9. The first-order valence-electron chi connectivity index (χ1n) is 6.37. The lowest BCUT2D eigenvalue weighted by Crippen LogP contribution is -2.09. The van der Waals surface area contributed by atoms with Gasteiger partial charge in [0.1, 0.15) is 11.6 Å². The molecule has 0 fully saturated rings. The highest BCUT2D eigenvalue weighted by Gasteiger charge is 2.13. The molecule has 0 saturated heterocycles. The number of hydrogen-bond acceptors (Lipinski definition) is 2. The van der Waals surface area contributed by atoms with Crippen molar-refractivity contribution in [2.45, 2.75) is 24.8 Å². The summed E-state index contributed by atoms with van der Waals surface area (Å²) in [4.78, 5) is 1.16. The zero-order valence-electron chi connectivity index (χ0n) is 11.7. The van der Waals surface area contributed by atoms with Gasteiger partial charge in [-0.3, -0.25) is 0 Å². The Kier molecular flexibility index (Phi) is 4.65. The van der Waals surface area contributed by atoms with Crippen LogP contribution in [0.15, 0.2) is 41.3 Å². The van der Waals surface area contributed by atoms with Crippen LogP contribution in [0.25, 0.3) is 0 Å². The predicted molar refractivity (Wildman–Crippen MR) is 81.4 cm³/mol. The molecule has 0 amide bonds. The summed E-state index contributed by atoms with van der Waals surface area (Å²) in [6.45, 7) is 3.37. The van der Waals surface area contributed by atoms with Crippen LogP contribution < -0.4 is 5.32 Å². The van der Waals surface area contributed by atoms with Gasteiger partial charge in [0.2, 0.25) is 0 Å². The number of anilines is 1. The van der Waals surface area contributed by atoms with Gasteiger partial charge >= 0.3 is 0 Å². The van der Waals surface area contributed by atoms with Crippen LogP contribution in [-0.4, -0.2) is 6.26 Å². The fourth-order valence-corrected chi connectivity index (χ4v) is 2.42. The molecule has 0 aromatic heterocycles. The monoisotopic (exact) mass is 293 g/mol. The van der Waals surface area contributed by atoms with Gasteiger partial charge in [-0.1, -0.05) is 0 Å². The molecule has 4 heteroatoms. The van der Waals surface area contributed by atoms with E-state index in [1.165, 1.54) is 12.1 Å². The van der Waals surface area contributed by atoms with Crippen LogP contribution in [0, 0.1) is 18.6 Å². The predicted octanol–water partition coefficient (Wildman–Crippen LogP) is 5.17. The Labute approximate surface area is 122 Å². The molecule has 0 aliphatic rings. The number of benzene rings is 2. The summed E-state index contributed by atoms with van der Waals surface area (Å²) in [6, 6.07) is 10.1. The molecular formula is C16H17F2NS. The molecule has 2 rings (SSSR count). The summed E-state index contributed by atoms with van der Waals surface area (Å²) >= 11 is 1.66. The Morgan fingerprint density at radius 3 is 2.30 bits per heavy atom. The third-order valence-electron chi connectivity index (χ3n) is 3.22. The molecule has 2 aromatic carbocycles. The Morgan fingerprint density at radius 1 is 1.05 bits per heavy atom. The second-order valence-corrected chi connectivity index (χ2v) is 5.60. The number of hydrogen-bond donors (Lipinski definition) is 1. The summed E-state index contributed by atoms with van der Waals surface area (Å²) in [7, 11) is 0. The number of nitrogens with one attached hydrogen (secondary N) is 1. The Hall–Kier alpha value is -1.55. The number of halogens is 2. The van der Waals surface area contributed by atoms with Gasteiger partial charge in [-0.2, -0.15) is 0 Å². The van der Waals surface area contributed by atoms with Crippen molar-refractivity contribution < 1.29 is 8.78 Å². The molecule has 0 radical (unpaired) electrons. The van der Waals surface area contributed by atoms with Gasteiger partial charge in [-0.25, -0.2) is 8.78 Å². The van der Waals surface area contributed by atoms with Gasteiger partial charge in [0, 0.05) is 16.1 Å². The maximum Gasteiger partial charge on any atom is 0.128 e. The molecule has 1 N–H and O–H groups in total. The van der Waals surface area contributed by atoms with Crippen LogP contribution in [0.4, 0.5) is 14.5 Å². The van der Waals surface area contributed by atoms with Gasteiger partial charge < -0.3 is 5.32 Å². The van der Waals surface area contributed by atoms with Gasteiger partial charge in [-0.05, 0) is 62.1 Å². The molecule has 106 valence electrons. The van der Waals surface area contributed by atoms with Crippen molar-refractivity contribution in [3.8, 4) is 0 Å². The van der Waals surface area contributed by atoms with E-state index in [9.17, 15) is 8.78 Å². The van der Waals surface area contributed by atoms with Crippen molar-refractivity contribution in [3.63, 3.8) is 0 Å². The smallest absolute Gasteiger partial charge is 0.128 e. The first kappa shape index (κ1) is 14.9. The summed E-state index contributed by atoms with van der Waals surface area (Å²) < 4.78 is 27.5. The van der Waals surface area contributed by atoms with Crippen LogP contribution in [0.5, 0.6) is 0 Å². The highest BCUT2D eigenvalue weighted by Crippen LogP contribution is 2.25. The summed E-state index contributed by atoms with van der Waals surface area (Å²) in [6.07, 6.45) is 2.01. The standard InChI is InChI=1S/C16H17F2NS/c1-10-8-16(18)14(9-15(10)17)11(2)19-12-4-6-13(20-3)7-5-12/h4-9,11,19H,1-3H3. The third-order valence-corrected chi connectivity index (χ3v) is 3.96. The Morgan fingerprint density at radius 2 is 1.70 bits per heavy atom. The van der Waals surface area contributed by atoms with E-state index in [-0.39, 0.29) is 17.7 Å². The van der Waals surface area contributed by atoms with E-state index in [0.717, 1.165) is 10.6 Å². The van der Waals surface area contributed by atoms with Crippen LogP contribution in [0.2, 0.25) is 0 Å². The molecule has 2 aromatic rings. The highest BCUT2D eigenvalue weighted by atomic mass is 32.2. The van der Waals surface area contributed by atoms with E-state index in [0.29, 0.717) is 11.1 Å². The molecule has 0 bridgehead atoms. The van der Waals surface area contributed by atoms with Crippen LogP contribution in [0.1, 0.15) is 24.1 Å². The normalized spacial score (nSPS) is 12.2. The van der Waals surface area contributed by atoms with Crippen LogP contribution >= 0.6 is 11.8 Å². The Bertz CT molecular complexity index is 596. The van der Waals surface area contributed by atoms with E-state index >= 15 is 0 Å². The van der Waals surface area contributed by atoms with Crippen LogP contribution in [-0.2, 0) is 0 Å². The first-order valence-corrected chi connectivity index (χ1v) is 7.60. The van der Waals surface area contributed by atoms with E-state index in [1.54, 1.807) is 18.7 Å². The second kappa shape index (κ2) is 6.27. The lowest BCUT2D eigenvalue weighted by molar-refractivity contribution is 0.571. The zero-order chi connectivity index (χ0) is 14.7. The molecule has 0 heterocycles. The van der Waals surface area contributed by atoms with Crippen molar-refractivity contribution in [1.82, 2.24) is 0 Å². The average molecular weight is 293 g/mol. The van der Waals surface area contributed by atoms with Crippen LogP contribution in [0.3, 0.4) is 0 Å². The highest BCUT2D eigenvalue weighted by molar-refractivity contribution is 7.98. The third kappa shape index (κ3) is 3.31. The number of thioether (sulfide) groups is 1. The van der Waals surface area contributed by atoms with E-state index in [1.807, 2.05) is 37.4 Å². The van der Waals surface area contributed by atoms with Gasteiger partial charge in [-0.15, -0.1) is 11.8 Å². The molecular weight excluding hydrogens is 276 g/mol. The molecule has 1 nitrogen and oxygen atoms in total. The largest absolute Gasteiger partial charge is 0.378 e. The van der Waals surface area contributed by atoms with Crippen molar-refractivity contribution in [3.05, 3.63) is 59.2 Å². The fourth-order valence-electron chi connectivity index (χ4n) is 2.01. The molecule has 1 unspecified atom stereocenters. The Balaban J connectivity index is 2.18. The number of rotatable bonds is 4. The van der Waals surface area contributed by atoms with E-state index < -0.39 is 0 Å². The minimum Gasteiger partial charge on any atom is -0.378 e. The van der Waals surface area contributed by atoms with Gasteiger partial charge in [0.25, 0.3) is 0 Å². The molecule has 0 spiro atoms. The first-order chi connectivity index (χ1) is 9.51. The van der Waals surface area contributed by atoms with E-state index in [2.05, 4.69) is 5.32 Å². The molecule has 1 atom stereocenters. The lowest BCUT2D eigenvalue weighted by atomic mass is 10.0. The topological polar surface area (TPSA) is 12.0 Å². The van der Waals surface area contributed by atoms with Crippen molar-refractivity contribution in [1.29, 1.82) is 0 Å². The minimum absolute atomic E-state index is 0.301. The summed E-state index contributed by atoms with van der Waals surface area (Å²) in [5.41, 5.74) is 1.54. The number of aryl methyl sites for hydroxylation is 1. The zero-order valence-corrected chi connectivity index (χ0v) is 12.5. The van der Waals surface area contributed by atoms with Crippen molar-refractivity contribution >= 4 is 17.4 Å². The SMILES string of the molecule is CSc1ccc(NC(C)c2cc(F)c(C)cc2F)cc1. The van der Waals surface area contributed by atoms with E-state index in [4.69, 9.17) is 0 Å². The average Bonchev–Trinajstić information content (AvgIpc) is 2.43. The fraction of sp³-hybridized carbons (Fsp3) is 0.250. The molecule has 0 aliphatic heterocycles. The van der Waals surface area contributed by atoms with Crippen molar-refractivity contribution in [2.24, 2.45) is 0 Å². The van der Waals surface area contributed by atoms with Gasteiger partial charge in [0.05, 0.1) is 6.04 Å². The lowest BCUT2D eigenvalue weighted by Gasteiger charge is -2.17. The summed E-state index contributed by atoms with van der Waals surface area (Å²) in [5, 5.41) is 3.18. The molecule has 0 saturated carbocycles. The molecule has 0 aliphatic carbocycles. The quantitative estimate of drug-likeness (QED) is 0.781. The maximum atomic E-state index is 13.9. The van der Waals surface area contributed by atoms with Crippen molar-refractivity contribution in [2.75, 3.05) is 11.6 Å². The molecule has 20 heavy (non-hydrogen) atoms. The minimum atomic E-state index is -0.385. The summed E-state index contributed by atoms with van der Waals surface area (Å²) in [5.74, 6) is -0.766. The second-order valence-electron chi connectivity index (χ2n) is 4.72.